The molecular formula is C21H23F3N6O. The molecule has 0 aromatic carbocycles. The van der Waals surface area contributed by atoms with Crippen LogP contribution in [0.25, 0.3) is 11.0 Å². The third-order valence-corrected chi connectivity index (χ3v) is 6.15. The molecule has 0 radical (unpaired) electrons. The van der Waals surface area contributed by atoms with Crippen LogP contribution in [0.15, 0.2) is 24.5 Å². The molecule has 3 aromatic rings. The Morgan fingerprint density at radius 3 is 2.65 bits per heavy atom. The Bertz CT molecular complexity index is 1110. The highest BCUT2D eigenvalue weighted by Gasteiger charge is 2.49. The van der Waals surface area contributed by atoms with Gasteiger partial charge in [0.25, 0.3) is 0 Å². The molecular weight excluding hydrogens is 409 g/mol. The van der Waals surface area contributed by atoms with Crippen molar-refractivity contribution in [1.82, 2.24) is 24.7 Å². The van der Waals surface area contributed by atoms with Crippen molar-refractivity contribution in [1.29, 1.82) is 0 Å². The van der Waals surface area contributed by atoms with E-state index in [1.165, 1.54) is 0 Å². The first-order valence-corrected chi connectivity index (χ1v) is 10.3. The molecule has 0 bridgehead atoms. The van der Waals surface area contributed by atoms with Crippen LogP contribution in [-0.2, 0) is 11.8 Å². The van der Waals surface area contributed by atoms with E-state index < -0.39 is 12.1 Å². The fourth-order valence-corrected chi connectivity index (χ4v) is 4.32. The minimum absolute atomic E-state index is 0.0599. The number of morpholine rings is 1. The maximum Gasteiger partial charge on any atom is 0.391 e. The summed E-state index contributed by atoms with van der Waals surface area (Å²) in [4.78, 5) is 16.0. The van der Waals surface area contributed by atoms with E-state index in [9.17, 15) is 13.2 Å². The molecule has 2 fully saturated rings. The Labute approximate surface area is 177 Å². The summed E-state index contributed by atoms with van der Waals surface area (Å²) < 4.78 is 46.8. The molecule has 7 nitrogen and oxygen atoms in total. The first kappa shape index (κ1) is 20.2. The summed E-state index contributed by atoms with van der Waals surface area (Å²) in [6.07, 6.45) is -0.518. The van der Waals surface area contributed by atoms with Crippen molar-refractivity contribution in [2.75, 3.05) is 24.6 Å². The lowest BCUT2D eigenvalue weighted by Crippen LogP contribution is -2.40. The summed E-state index contributed by atoms with van der Waals surface area (Å²) in [5.74, 6) is -1.01. The normalized spacial score (nSPS) is 24.4. The second-order valence-electron chi connectivity index (χ2n) is 8.39. The number of pyridine rings is 1. The van der Waals surface area contributed by atoms with E-state index in [1.807, 2.05) is 37.2 Å². The zero-order valence-electron chi connectivity index (χ0n) is 17.3. The average Bonchev–Trinajstić information content (AvgIpc) is 3.12. The molecule has 0 unspecified atom stereocenters. The predicted molar refractivity (Wildman–Crippen MR) is 108 cm³/mol. The summed E-state index contributed by atoms with van der Waals surface area (Å²) in [5, 5.41) is 4.94. The number of ether oxygens (including phenoxy) is 1. The smallest absolute Gasteiger partial charge is 0.370 e. The highest BCUT2D eigenvalue weighted by Crippen LogP contribution is 2.50. The second kappa shape index (κ2) is 7.44. The van der Waals surface area contributed by atoms with Crippen LogP contribution >= 0.6 is 0 Å². The van der Waals surface area contributed by atoms with Crippen LogP contribution in [0.1, 0.15) is 41.8 Å². The monoisotopic (exact) mass is 432 g/mol. The van der Waals surface area contributed by atoms with E-state index in [1.54, 1.807) is 10.9 Å². The van der Waals surface area contributed by atoms with Gasteiger partial charge in [0.15, 0.2) is 5.65 Å². The van der Waals surface area contributed by atoms with Crippen LogP contribution in [-0.4, -0.2) is 50.6 Å². The highest BCUT2D eigenvalue weighted by molar-refractivity contribution is 5.79. The number of rotatable bonds is 3. The van der Waals surface area contributed by atoms with E-state index in [2.05, 4.69) is 15.1 Å². The number of hydrogen-bond donors (Lipinski definition) is 0. The number of fused-ring (bicyclic) bond motifs is 1. The molecule has 1 aliphatic heterocycles. The fourth-order valence-electron chi connectivity index (χ4n) is 4.32. The molecule has 0 spiro atoms. The third-order valence-electron chi connectivity index (χ3n) is 6.15. The van der Waals surface area contributed by atoms with Crippen molar-refractivity contribution in [3.63, 3.8) is 0 Å². The van der Waals surface area contributed by atoms with Crippen LogP contribution in [0.2, 0.25) is 0 Å². The zero-order valence-corrected chi connectivity index (χ0v) is 17.3. The molecule has 1 saturated heterocycles. The number of halogens is 3. The van der Waals surface area contributed by atoms with Crippen LogP contribution in [0, 0.1) is 12.8 Å². The molecule has 1 aliphatic carbocycles. The van der Waals surface area contributed by atoms with Crippen LogP contribution in [0.3, 0.4) is 0 Å². The third kappa shape index (κ3) is 3.84. The highest BCUT2D eigenvalue weighted by atomic mass is 19.4. The number of aryl methyl sites for hydroxylation is 2. The number of aromatic nitrogens is 5. The average molecular weight is 432 g/mol. The van der Waals surface area contributed by atoms with Gasteiger partial charge in [-0.3, -0.25) is 4.68 Å². The Hall–Kier alpha value is -2.75. The van der Waals surface area contributed by atoms with Gasteiger partial charge in [-0.25, -0.2) is 9.97 Å². The summed E-state index contributed by atoms with van der Waals surface area (Å²) in [7, 11) is 1.85. The first-order valence-electron chi connectivity index (χ1n) is 10.3. The van der Waals surface area contributed by atoms with Crippen molar-refractivity contribution in [3.05, 3.63) is 41.5 Å². The lowest BCUT2D eigenvalue weighted by molar-refractivity contribution is -0.197. The Morgan fingerprint density at radius 2 is 1.94 bits per heavy atom. The molecule has 0 amide bonds. The van der Waals surface area contributed by atoms with Gasteiger partial charge >= 0.3 is 6.18 Å². The van der Waals surface area contributed by atoms with Gasteiger partial charge in [-0.15, -0.1) is 0 Å². The first-order chi connectivity index (χ1) is 14.8. The minimum Gasteiger partial charge on any atom is -0.370 e. The number of anilines is 1. The van der Waals surface area contributed by atoms with Gasteiger partial charge in [-0.1, -0.05) is 0 Å². The fraction of sp³-hybridized carbons (Fsp3) is 0.524. The van der Waals surface area contributed by atoms with E-state index in [-0.39, 0.29) is 24.9 Å². The number of nitrogens with zero attached hydrogens (tertiary/aromatic N) is 6. The maximum absolute atomic E-state index is 13.1. The topological polar surface area (TPSA) is 69.0 Å². The van der Waals surface area contributed by atoms with Gasteiger partial charge in [0.05, 0.1) is 31.0 Å². The van der Waals surface area contributed by atoms with Crippen molar-refractivity contribution in [3.8, 4) is 0 Å². The van der Waals surface area contributed by atoms with Crippen LogP contribution in [0.5, 0.6) is 0 Å². The van der Waals surface area contributed by atoms with Gasteiger partial charge in [-0.2, -0.15) is 23.3 Å². The molecule has 10 heteroatoms. The van der Waals surface area contributed by atoms with Crippen molar-refractivity contribution in [2.45, 2.75) is 38.0 Å². The lowest BCUT2D eigenvalue weighted by Gasteiger charge is -2.37. The largest absolute Gasteiger partial charge is 0.391 e. The molecule has 3 aromatic heterocycles. The summed E-state index contributed by atoms with van der Waals surface area (Å²) in [5.41, 5.74) is 2.96. The lowest BCUT2D eigenvalue weighted by atomic mass is 9.72. The molecule has 1 saturated carbocycles. The van der Waals surface area contributed by atoms with Gasteiger partial charge in [0.1, 0.15) is 6.10 Å². The molecule has 0 N–H and O–H groups in total. The SMILES string of the molecule is Cc1ccc2c(n1)nc(N1CCO[C@H](c3cnn(C)c3)C1)nc2[C@H]1C[C@@H](C(F)(F)F)C1. The number of alkyl halides is 3. The summed E-state index contributed by atoms with van der Waals surface area (Å²) >= 11 is 0. The van der Waals surface area contributed by atoms with Gasteiger partial charge in [0.2, 0.25) is 5.95 Å². The molecule has 4 heterocycles. The van der Waals surface area contributed by atoms with Crippen molar-refractivity contribution < 1.29 is 17.9 Å². The Morgan fingerprint density at radius 1 is 1.13 bits per heavy atom. The maximum atomic E-state index is 13.1. The van der Waals surface area contributed by atoms with Crippen molar-refractivity contribution >= 4 is 17.0 Å². The van der Waals surface area contributed by atoms with Crippen LogP contribution in [0.4, 0.5) is 19.1 Å². The molecule has 164 valence electrons. The predicted octanol–water partition coefficient (Wildman–Crippen LogP) is 3.70. The quantitative estimate of drug-likeness (QED) is 0.629. The van der Waals surface area contributed by atoms with Gasteiger partial charge < -0.3 is 9.64 Å². The van der Waals surface area contributed by atoms with E-state index in [4.69, 9.17) is 9.72 Å². The summed E-state index contributed by atoms with van der Waals surface area (Å²) in [6.45, 7) is 3.51. The molecule has 5 rings (SSSR count). The second-order valence-corrected chi connectivity index (χ2v) is 8.39. The minimum atomic E-state index is -4.15. The molecule has 1 atom stereocenters. The Kier molecular flexibility index (Phi) is 4.84. The molecule has 31 heavy (non-hydrogen) atoms. The van der Waals surface area contributed by atoms with E-state index in [0.717, 1.165) is 16.6 Å². The van der Waals surface area contributed by atoms with Gasteiger partial charge in [0, 0.05) is 42.4 Å². The Balaban J connectivity index is 1.47. The standard InChI is InChI=1S/C21H23F3N6O/c1-12-3-4-16-18(13-7-15(8-13)21(22,23)24)27-20(28-19(16)26-12)30-5-6-31-17(11-30)14-9-25-29(2)10-14/h3-4,9-10,13,15,17H,5-8,11H2,1-2H3/t13-,15+,17-/m0/s1. The zero-order chi connectivity index (χ0) is 21.8. The molecule has 2 aliphatic rings. The van der Waals surface area contributed by atoms with Gasteiger partial charge in [-0.05, 0) is 31.9 Å². The summed E-state index contributed by atoms with van der Waals surface area (Å²) in [6, 6.07) is 3.72. The van der Waals surface area contributed by atoms with E-state index in [0.29, 0.717) is 37.0 Å². The van der Waals surface area contributed by atoms with Crippen LogP contribution < -0.4 is 4.90 Å². The number of hydrogen-bond acceptors (Lipinski definition) is 6. The van der Waals surface area contributed by atoms with Crippen molar-refractivity contribution in [2.24, 2.45) is 13.0 Å². The van der Waals surface area contributed by atoms with E-state index >= 15 is 0 Å².